The standard InChI is InChI=1S/C47H96O2/c1-4-6-8-10-12-14-16-18-20-22-24-26-28-30-32-34-36-38-40-42-44-48-46-47(3)49-45-43-41-39-37-35-33-31-29-27-25-23-21-19-17-15-13-11-9-7-5-2/h47H,4-46H2,1-3H3. The van der Waals surface area contributed by atoms with Crippen molar-refractivity contribution in [1.82, 2.24) is 0 Å². The molecule has 296 valence electrons. The van der Waals surface area contributed by atoms with Crippen LogP contribution in [0.4, 0.5) is 0 Å². The van der Waals surface area contributed by atoms with Gasteiger partial charge < -0.3 is 9.47 Å². The van der Waals surface area contributed by atoms with Gasteiger partial charge in [0.15, 0.2) is 0 Å². The number of rotatable bonds is 45. The van der Waals surface area contributed by atoms with Gasteiger partial charge in [-0.1, -0.05) is 258 Å². The average molecular weight is 693 g/mol. The van der Waals surface area contributed by atoms with Gasteiger partial charge in [-0.25, -0.2) is 0 Å². The second-order valence-electron chi connectivity index (χ2n) is 16.2. The second kappa shape index (κ2) is 45.9. The molecule has 0 saturated heterocycles. The molecule has 0 amide bonds. The maximum Gasteiger partial charge on any atom is 0.0780 e. The van der Waals surface area contributed by atoms with Crippen molar-refractivity contribution < 1.29 is 9.47 Å². The molecule has 0 aliphatic heterocycles. The topological polar surface area (TPSA) is 18.5 Å². The Morgan fingerprint density at radius 3 is 0.714 bits per heavy atom. The summed E-state index contributed by atoms with van der Waals surface area (Å²) in [5.74, 6) is 0. The van der Waals surface area contributed by atoms with Crippen molar-refractivity contribution in [3.63, 3.8) is 0 Å². The van der Waals surface area contributed by atoms with Crippen molar-refractivity contribution in [2.24, 2.45) is 0 Å². The minimum atomic E-state index is 0.241. The number of ether oxygens (including phenoxy) is 2. The Balaban J connectivity index is 3.14. The molecule has 0 rings (SSSR count). The Morgan fingerprint density at radius 1 is 0.265 bits per heavy atom. The van der Waals surface area contributed by atoms with Gasteiger partial charge in [0.2, 0.25) is 0 Å². The molecule has 0 heterocycles. The summed E-state index contributed by atoms with van der Waals surface area (Å²) in [5, 5.41) is 0. The van der Waals surface area contributed by atoms with Crippen molar-refractivity contribution in [3.8, 4) is 0 Å². The molecule has 0 fully saturated rings. The second-order valence-corrected chi connectivity index (χ2v) is 16.2. The molecular weight excluding hydrogens is 597 g/mol. The van der Waals surface area contributed by atoms with Crippen LogP contribution in [-0.2, 0) is 9.47 Å². The van der Waals surface area contributed by atoms with Gasteiger partial charge in [-0.2, -0.15) is 0 Å². The van der Waals surface area contributed by atoms with Crippen LogP contribution in [0, 0.1) is 0 Å². The van der Waals surface area contributed by atoms with Crippen LogP contribution >= 0.6 is 0 Å². The molecule has 2 nitrogen and oxygen atoms in total. The highest BCUT2D eigenvalue weighted by molar-refractivity contribution is 4.54. The molecule has 0 aliphatic rings. The summed E-state index contributed by atoms with van der Waals surface area (Å²) in [6.45, 7) is 9.36. The highest BCUT2D eigenvalue weighted by atomic mass is 16.5. The van der Waals surface area contributed by atoms with E-state index in [0.717, 1.165) is 19.8 Å². The third kappa shape index (κ3) is 45.9. The minimum absolute atomic E-state index is 0.241. The molecule has 0 bridgehead atoms. The van der Waals surface area contributed by atoms with E-state index in [9.17, 15) is 0 Å². The number of hydrogen-bond acceptors (Lipinski definition) is 2. The number of hydrogen-bond donors (Lipinski definition) is 0. The Kier molecular flexibility index (Phi) is 45.9. The molecule has 1 atom stereocenters. The summed E-state index contributed by atoms with van der Waals surface area (Å²) >= 11 is 0. The highest BCUT2D eigenvalue weighted by Crippen LogP contribution is 2.17. The van der Waals surface area contributed by atoms with Crippen LogP contribution in [0.2, 0.25) is 0 Å². The lowest BCUT2D eigenvalue weighted by atomic mass is 10.0. The van der Waals surface area contributed by atoms with Gasteiger partial charge in [-0.3, -0.25) is 0 Å². The maximum absolute atomic E-state index is 6.00. The Morgan fingerprint density at radius 2 is 0.469 bits per heavy atom. The largest absolute Gasteiger partial charge is 0.379 e. The molecule has 0 aromatic heterocycles. The van der Waals surface area contributed by atoms with E-state index in [2.05, 4.69) is 20.8 Å². The van der Waals surface area contributed by atoms with Gasteiger partial charge in [0.05, 0.1) is 12.7 Å². The van der Waals surface area contributed by atoms with Gasteiger partial charge in [0, 0.05) is 13.2 Å². The lowest BCUT2D eigenvalue weighted by Gasteiger charge is -2.13. The zero-order chi connectivity index (χ0) is 35.4. The number of unbranched alkanes of at least 4 members (excludes halogenated alkanes) is 38. The fourth-order valence-corrected chi connectivity index (χ4v) is 7.40. The minimum Gasteiger partial charge on any atom is -0.379 e. The molecular formula is C47H96O2. The Hall–Kier alpha value is -0.0800. The molecule has 0 spiro atoms. The van der Waals surface area contributed by atoms with Crippen molar-refractivity contribution in [2.75, 3.05) is 19.8 Å². The van der Waals surface area contributed by atoms with Crippen LogP contribution in [-0.4, -0.2) is 25.9 Å². The van der Waals surface area contributed by atoms with E-state index < -0.39 is 0 Å². The first-order valence-electron chi connectivity index (χ1n) is 23.5. The third-order valence-corrected chi connectivity index (χ3v) is 10.9. The predicted molar refractivity (Wildman–Crippen MR) is 222 cm³/mol. The zero-order valence-electron chi connectivity index (χ0n) is 34.8. The van der Waals surface area contributed by atoms with E-state index in [-0.39, 0.29) is 6.10 Å². The SMILES string of the molecule is CCCCCCCCCCCCCCCCCCCCCCOCC(C)OCCCCCCCCCCCCCCCCCCCCCC. The van der Waals surface area contributed by atoms with Crippen LogP contribution in [0.3, 0.4) is 0 Å². The van der Waals surface area contributed by atoms with E-state index in [0.29, 0.717) is 0 Å². The lowest BCUT2D eigenvalue weighted by molar-refractivity contribution is -0.00869. The quantitative estimate of drug-likeness (QED) is 0.0591. The summed E-state index contributed by atoms with van der Waals surface area (Å²) in [6.07, 6.45) is 57.6. The first kappa shape index (κ1) is 48.9. The lowest BCUT2D eigenvalue weighted by Crippen LogP contribution is -2.17. The van der Waals surface area contributed by atoms with E-state index in [1.54, 1.807) is 0 Å². The molecule has 2 heteroatoms. The maximum atomic E-state index is 6.00. The van der Waals surface area contributed by atoms with Crippen LogP contribution in [0.1, 0.15) is 278 Å². The first-order chi connectivity index (χ1) is 24.3. The molecule has 1 unspecified atom stereocenters. The third-order valence-electron chi connectivity index (χ3n) is 10.9. The van der Waals surface area contributed by atoms with Crippen molar-refractivity contribution in [2.45, 2.75) is 284 Å². The fourth-order valence-electron chi connectivity index (χ4n) is 7.40. The molecule has 0 N–H and O–H groups in total. The Labute approximate surface area is 312 Å². The molecule has 0 saturated carbocycles. The van der Waals surface area contributed by atoms with Crippen LogP contribution in [0.15, 0.2) is 0 Å². The van der Waals surface area contributed by atoms with Gasteiger partial charge >= 0.3 is 0 Å². The monoisotopic (exact) mass is 693 g/mol. The Bertz CT molecular complexity index is 548. The molecule has 49 heavy (non-hydrogen) atoms. The summed E-state index contributed by atoms with van der Waals surface area (Å²) in [4.78, 5) is 0. The van der Waals surface area contributed by atoms with E-state index in [1.165, 1.54) is 257 Å². The summed E-state index contributed by atoms with van der Waals surface area (Å²) in [6, 6.07) is 0. The van der Waals surface area contributed by atoms with Crippen molar-refractivity contribution in [1.29, 1.82) is 0 Å². The molecule has 0 radical (unpaired) electrons. The predicted octanol–water partition coefficient (Wildman–Crippen LogP) is 17.1. The van der Waals surface area contributed by atoms with E-state index in [1.807, 2.05) is 0 Å². The van der Waals surface area contributed by atoms with E-state index in [4.69, 9.17) is 9.47 Å². The van der Waals surface area contributed by atoms with Gasteiger partial charge in [0.25, 0.3) is 0 Å². The molecule has 0 aliphatic carbocycles. The molecule has 0 aromatic carbocycles. The van der Waals surface area contributed by atoms with E-state index >= 15 is 0 Å². The van der Waals surface area contributed by atoms with Crippen LogP contribution < -0.4 is 0 Å². The molecule has 0 aromatic rings. The van der Waals surface area contributed by atoms with Gasteiger partial charge in [-0.05, 0) is 19.8 Å². The smallest absolute Gasteiger partial charge is 0.0780 e. The summed E-state index contributed by atoms with van der Waals surface area (Å²) in [7, 11) is 0. The normalized spacial score (nSPS) is 12.3. The van der Waals surface area contributed by atoms with Crippen LogP contribution in [0.25, 0.3) is 0 Å². The van der Waals surface area contributed by atoms with Crippen LogP contribution in [0.5, 0.6) is 0 Å². The van der Waals surface area contributed by atoms with Crippen molar-refractivity contribution in [3.05, 3.63) is 0 Å². The zero-order valence-corrected chi connectivity index (χ0v) is 34.8. The summed E-state index contributed by atoms with van der Waals surface area (Å²) in [5.41, 5.74) is 0. The first-order valence-corrected chi connectivity index (χ1v) is 23.5. The average Bonchev–Trinajstić information content (AvgIpc) is 3.11. The van der Waals surface area contributed by atoms with Gasteiger partial charge in [0.1, 0.15) is 0 Å². The fraction of sp³-hybridized carbons (Fsp3) is 1.00. The highest BCUT2D eigenvalue weighted by Gasteiger charge is 2.03. The summed E-state index contributed by atoms with van der Waals surface area (Å²) < 4.78 is 11.9. The van der Waals surface area contributed by atoms with Crippen molar-refractivity contribution >= 4 is 0 Å². The van der Waals surface area contributed by atoms with Gasteiger partial charge in [-0.15, -0.1) is 0 Å².